The third-order valence-corrected chi connectivity index (χ3v) is 2.40. The maximum atomic E-state index is 13.0. The quantitative estimate of drug-likeness (QED) is 0.497. The second-order valence-electron chi connectivity index (χ2n) is 3.65. The van der Waals surface area contributed by atoms with Crippen molar-refractivity contribution in [2.45, 2.75) is 13.8 Å². The molecule has 0 fully saturated rings. The summed E-state index contributed by atoms with van der Waals surface area (Å²) >= 11 is 0. The molecule has 1 atom stereocenters. The molecule has 17 heavy (non-hydrogen) atoms. The van der Waals surface area contributed by atoms with Gasteiger partial charge in [-0.25, -0.2) is 9.96 Å². The zero-order chi connectivity index (χ0) is 10.1. The summed E-state index contributed by atoms with van der Waals surface area (Å²) in [6, 6.07) is 6.69. The van der Waals surface area contributed by atoms with Crippen LogP contribution in [0.15, 0.2) is 35.9 Å². The van der Waals surface area contributed by atoms with Gasteiger partial charge in [0.1, 0.15) is 5.82 Å². The fraction of sp³-hybridized carbons (Fsp3) is 0.231. The van der Waals surface area contributed by atoms with E-state index in [9.17, 15) is 4.39 Å². The van der Waals surface area contributed by atoms with Gasteiger partial charge in [-0.05, 0) is 12.1 Å². The predicted molar refractivity (Wildman–Crippen MR) is 56.0 cm³/mol. The summed E-state index contributed by atoms with van der Waals surface area (Å²) in [5.41, 5.74) is 3.17. The van der Waals surface area contributed by atoms with Crippen molar-refractivity contribution in [2.24, 2.45) is 5.92 Å². The van der Waals surface area contributed by atoms with Crippen molar-refractivity contribution in [1.82, 2.24) is 0 Å². The van der Waals surface area contributed by atoms with Crippen LogP contribution in [0.4, 0.5) is 4.39 Å². The summed E-state index contributed by atoms with van der Waals surface area (Å²) < 4.78 is 13.0. The van der Waals surface area contributed by atoms with Crippen LogP contribution in [0.5, 0.6) is 0 Å². The zero-order valence-corrected chi connectivity index (χ0v) is 13.6. The molecule has 0 amide bonds. The largest absolute Gasteiger partial charge is 3.00 e. The van der Waals surface area contributed by atoms with Gasteiger partial charge in [-0.1, -0.05) is 37.5 Å². The minimum absolute atomic E-state index is 0. The van der Waals surface area contributed by atoms with Crippen LogP contribution in [-0.4, -0.2) is 0 Å². The van der Waals surface area contributed by atoms with Crippen LogP contribution in [0, 0.1) is 17.8 Å². The molecule has 1 aromatic carbocycles. The van der Waals surface area contributed by atoms with Gasteiger partial charge in [-0.3, -0.25) is 6.08 Å². The summed E-state index contributed by atoms with van der Waals surface area (Å²) in [6.07, 6.45) is 5.40. The molecule has 1 aliphatic carbocycles. The molecular formula is C13H12Cl2FZr. The fourth-order valence-electron chi connectivity index (χ4n) is 1.80. The van der Waals surface area contributed by atoms with E-state index >= 15 is 0 Å². The van der Waals surface area contributed by atoms with Crippen LogP contribution < -0.4 is 24.8 Å². The molecule has 1 aliphatic rings. The van der Waals surface area contributed by atoms with E-state index < -0.39 is 0 Å². The first-order valence-corrected chi connectivity index (χ1v) is 4.75. The van der Waals surface area contributed by atoms with Crippen LogP contribution in [-0.2, 0) is 26.2 Å². The SMILES string of the molecule is CC1=[C-]C(C)C=C1c1cccc(F)c1.[Cl-].[Cl-].[Zr+3]. The van der Waals surface area contributed by atoms with Crippen LogP contribution >= 0.6 is 0 Å². The van der Waals surface area contributed by atoms with E-state index in [1.54, 1.807) is 12.1 Å². The van der Waals surface area contributed by atoms with Crippen LogP contribution in [0.2, 0.25) is 0 Å². The van der Waals surface area contributed by atoms with Crippen molar-refractivity contribution >= 4 is 5.57 Å². The van der Waals surface area contributed by atoms with Gasteiger partial charge in [0.05, 0.1) is 0 Å². The number of rotatable bonds is 1. The van der Waals surface area contributed by atoms with Gasteiger partial charge in [0.2, 0.25) is 0 Å². The van der Waals surface area contributed by atoms with Crippen molar-refractivity contribution in [2.75, 3.05) is 0 Å². The third-order valence-electron chi connectivity index (χ3n) is 2.40. The van der Waals surface area contributed by atoms with E-state index in [1.165, 1.54) is 6.07 Å². The maximum absolute atomic E-state index is 13.0. The molecular weight excluding hydrogens is 337 g/mol. The molecule has 0 bridgehead atoms. The number of allylic oxidation sites excluding steroid dienone is 4. The Hall–Kier alpha value is 0.0931. The Morgan fingerprint density at radius 2 is 1.88 bits per heavy atom. The second-order valence-corrected chi connectivity index (χ2v) is 3.65. The molecule has 0 saturated heterocycles. The number of hydrogen-bond acceptors (Lipinski definition) is 0. The van der Waals surface area contributed by atoms with Gasteiger partial charge in [-0.2, -0.15) is 11.6 Å². The zero-order valence-electron chi connectivity index (χ0n) is 9.60. The normalized spacial score (nSPS) is 17.0. The van der Waals surface area contributed by atoms with E-state index in [2.05, 4.69) is 19.1 Å². The molecule has 1 aromatic rings. The van der Waals surface area contributed by atoms with E-state index in [-0.39, 0.29) is 56.8 Å². The first-order valence-electron chi connectivity index (χ1n) is 4.75. The molecule has 0 spiro atoms. The number of hydrogen-bond donors (Lipinski definition) is 0. The maximum Gasteiger partial charge on any atom is 3.00 e. The molecule has 0 saturated carbocycles. The van der Waals surface area contributed by atoms with Crippen molar-refractivity contribution < 1.29 is 55.4 Å². The molecule has 89 valence electrons. The molecule has 4 heteroatoms. The third kappa shape index (κ3) is 4.69. The second kappa shape index (κ2) is 8.24. The molecule has 1 unspecified atom stereocenters. The fourth-order valence-corrected chi connectivity index (χ4v) is 1.80. The minimum Gasteiger partial charge on any atom is -1.00 e. The first kappa shape index (κ1) is 19.4. The summed E-state index contributed by atoms with van der Waals surface area (Å²) in [5.74, 6) is 0.157. The molecule has 1 radical (unpaired) electrons. The molecule has 0 heterocycles. The average molecular weight is 349 g/mol. The van der Waals surface area contributed by atoms with Crippen LogP contribution in [0.1, 0.15) is 19.4 Å². The summed E-state index contributed by atoms with van der Waals surface area (Å²) in [7, 11) is 0. The van der Waals surface area contributed by atoms with Gasteiger partial charge in [0.15, 0.2) is 0 Å². The number of halogens is 3. The van der Waals surface area contributed by atoms with Crippen molar-refractivity contribution in [3.8, 4) is 0 Å². The van der Waals surface area contributed by atoms with Crippen molar-refractivity contribution in [3.05, 3.63) is 53.4 Å². The summed E-state index contributed by atoms with van der Waals surface area (Å²) in [5, 5.41) is 0. The van der Waals surface area contributed by atoms with Gasteiger partial charge in [0, 0.05) is 0 Å². The Kier molecular flexibility index (Phi) is 9.42. The number of benzene rings is 1. The van der Waals surface area contributed by atoms with E-state index in [0.29, 0.717) is 5.92 Å². The molecule has 0 aliphatic heterocycles. The molecule has 2 rings (SSSR count). The van der Waals surface area contributed by atoms with Gasteiger partial charge < -0.3 is 24.8 Å². The average Bonchev–Trinajstić information content (AvgIpc) is 2.45. The van der Waals surface area contributed by atoms with Crippen molar-refractivity contribution in [3.63, 3.8) is 0 Å². The van der Waals surface area contributed by atoms with Crippen molar-refractivity contribution in [1.29, 1.82) is 0 Å². The first-order chi connectivity index (χ1) is 6.66. The summed E-state index contributed by atoms with van der Waals surface area (Å²) in [4.78, 5) is 0. The molecule has 0 aromatic heterocycles. The summed E-state index contributed by atoms with van der Waals surface area (Å²) in [6.45, 7) is 4.09. The topological polar surface area (TPSA) is 0 Å². The van der Waals surface area contributed by atoms with Gasteiger partial charge in [-0.15, -0.1) is 0 Å². The standard InChI is InChI=1S/C13H12F.2ClH.Zr/c1-9-6-10(2)13(7-9)11-4-3-5-12(14)8-11;;;/h3-5,7-9H,1-2H3;2*1H;/q-1;;;+3/p-2. The molecule has 0 nitrogen and oxygen atoms in total. The Bertz CT molecular complexity index is 427. The Labute approximate surface area is 133 Å². The minimum atomic E-state index is -0.184. The molecule has 0 N–H and O–H groups in total. The Morgan fingerprint density at radius 3 is 2.35 bits per heavy atom. The van der Waals surface area contributed by atoms with E-state index in [1.807, 2.05) is 13.0 Å². The smallest absolute Gasteiger partial charge is 1.00 e. The monoisotopic (exact) mass is 347 g/mol. The van der Waals surface area contributed by atoms with Gasteiger partial charge >= 0.3 is 26.2 Å². The Balaban J connectivity index is 0. The van der Waals surface area contributed by atoms with E-state index in [4.69, 9.17) is 0 Å². The van der Waals surface area contributed by atoms with Crippen LogP contribution in [0.3, 0.4) is 0 Å². The van der Waals surface area contributed by atoms with E-state index in [0.717, 1.165) is 16.7 Å². The van der Waals surface area contributed by atoms with Gasteiger partial charge in [0.25, 0.3) is 0 Å². The Morgan fingerprint density at radius 1 is 1.24 bits per heavy atom. The van der Waals surface area contributed by atoms with Crippen LogP contribution in [0.25, 0.3) is 5.57 Å². The predicted octanol–water partition coefficient (Wildman–Crippen LogP) is -2.39.